The van der Waals surface area contributed by atoms with Gasteiger partial charge in [-0.15, -0.1) is 0 Å². The molecule has 154 valence electrons. The van der Waals surface area contributed by atoms with E-state index in [-0.39, 0.29) is 26.6 Å². The van der Waals surface area contributed by atoms with Gasteiger partial charge in [-0.25, -0.2) is 13.0 Å². The molecule has 4 aromatic rings. The minimum Gasteiger partial charge on any atom is -0.317 e. The Bertz CT molecular complexity index is 1430. The molecule has 9 heteroatoms. The van der Waals surface area contributed by atoms with Gasteiger partial charge in [0.15, 0.2) is 0 Å². The van der Waals surface area contributed by atoms with Crippen LogP contribution in [0.15, 0.2) is 69.3 Å². The van der Waals surface area contributed by atoms with Crippen LogP contribution >= 0.6 is 11.6 Å². The van der Waals surface area contributed by atoms with Gasteiger partial charge < -0.3 is 5.73 Å². The number of anilines is 1. The van der Waals surface area contributed by atoms with Crippen molar-refractivity contribution in [2.45, 2.75) is 36.1 Å². The van der Waals surface area contributed by atoms with Crippen LogP contribution in [-0.4, -0.2) is 17.8 Å². The van der Waals surface area contributed by atoms with E-state index in [1.54, 1.807) is 29.0 Å². The normalized spacial score (nSPS) is 11.9. The van der Waals surface area contributed by atoms with Gasteiger partial charge >= 0.3 is 0 Å². The lowest BCUT2D eigenvalue weighted by Crippen LogP contribution is -2.41. The van der Waals surface area contributed by atoms with Crippen molar-refractivity contribution in [2.75, 3.05) is 5.73 Å². The molecule has 0 saturated carbocycles. The molecule has 4 rings (SSSR count). The van der Waals surface area contributed by atoms with Crippen LogP contribution in [0.2, 0.25) is 5.02 Å². The summed E-state index contributed by atoms with van der Waals surface area (Å²) in [6.45, 7) is 2.46. The van der Waals surface area contributed by atoms with Gasteiger partial charge in [0.05, 0.1) is 11.4 Å². The van der Waals surface area contributed by atoms with Crippen LogP contribution in [-0.2, 0) is 16.4 Å². The number of nitrogen functional groups attached to an aromatic ring is 1. The highest BCUT2D eigenvalue weighted by atomic mass is 35.5. The molecule has 0 aliphatic rings. The van der Waals surface area contributed by atoms with E-state index in [0.717, 1.165) is 12.8 Å². The second-order valence-electron chi connectivity index (χ2n) is 6.94. The van der Waals surface area contributed by atoms with E-state index >= 15 is 0 Å². The van der Waals surface area contributed by atoms with Crippen LogP contribution < -0.4 is 15.9 Å². The minimum atomic E-state index is -3.98. The third kappa shape index (κ3) is 3.32. The molecule has 3 aromatic heterocycles. The molecule has 30 heavy (non-hydrogen) atoms. The van der Waals surface area contributed by atoms with Gasteiger partial charge in [-0.05, 0) is 48.9 Å². The van der Waals surface area contributed by atoms with E-state index in [2.05, 4.69) is 4.98 Å². The summed E-state index contributed by atoms with van der Waals surface area (Å²) in [7, 11) is -3.98. The fourth-order valence-electron chi connectivity index (χ4n) is 3.37. The Labute approximate surface area is 178 Å². The number of aromatic nitrogens is 3. The number of sulfone groups is 1. The smallest absolute Gasteiger partial charge is 0.278 e. The molecule has 0 atom stereocenters. The van der Waals surface area contributed by atoms with Crippen molar-refractivity contribution in [1.82, 2.24) is 9.38 Å². The Kier molecular flexibility index (Phi) is 5.21. The molecule has 2 N–H and O–H groups in total. The molecule has 0 unspecified atom stereocenters. The Morgan fingerprint density at radius 3 is 2.60 bits per heavy atom. The third-order valence-corrected chi connectivity index (χ3v) is 7.02. The molecule has 0 bridgehead atoms. The second-order valence-corrected chi connectivity index (χ2v) is 9.29. The van der Waals surface area contributed by atoms with Crippen molar-refractivity contribution >= 4 is 43.9 Å². The van der Waals surface area contributed by atoms with Crippen molar-refractivity contribution in [3.05, 3.63) is 70.1 Å². The maximum absolute atomic E-state index is 13.3. The maximum Gasteiger partial charge on any atom is 0.278 e. The number of hydrogen-bond acceptors (Lipinski definition) is 5. The predicted octanol–water partition coefficient (Wildman–Crippen LogP) is 3.00. The van der Waals surface area contributed by atoms with E-state index in [0.29, 0.717) is 22.9 Å². The van der Waals surface area contributed by atoms with Crippen molar-refractivity contribution < 1.29 is 13.0 Å². The molecule has 7 nitrogen and oxygen atoms in total. The summed E-state index contributed by atoms with van der Waals surface area (Å²) in [5, 5.41) is 0.615. The van der Waals surface area contributed by atoms with Gasteiger partial charge in [0, 0.05) is 11.2 Å². The van der Waals surface area contributed by atoms with Crippen LogP contribution in [0.3, 0.4) is 0 Å². The van der Waals surface area contributed by atoms with Crippen LogP contribution in [0, 0.1) is 0 Å². The first kappa shape index (κ1) is 20.3. The first-order valence-corrected chi connectivity index (χ1v) is 11.3. The Morgan fingerprint density at radius 1 is 1.17 bits per heavy atom. The zero-order chi connectivity index (χ0) is 21.5. The number of fused-ring (bicyclic) bond motifs is 2. The van der Waals surface area contributed by atoms with E-state index in [4.69, 9.17) is 17.3 Å². The fraction of sp³-hybridized carbons (Fsp3) is 0.190. The average Bonchev–Trinajstić information content (AvgIpc) is 2.73. The molecule has 0 saturated heterocycles. The lowest BCUT2D eigenvalue weighted by atomic mass is 10.2. The number of nitrogens with zero attached hydrogens (tertiary/aromatic N) is 3. The zero-order valence-electron chi connectivity index (χ0n) is 16.2. The van der Waals surface area contributed by atoms with E-state index < -0.39 is 9.84 Å². The second kappa shape index (κ2) is 7.70. The molecule has 0 spiro atoms. The molecular formula is C21H20ClN4O3S+. The van der Waals surface area contributed by atoms with Crippen LogP contribution in [0.5, 0.6) is 0 Å². The van der Waals surface area contributed by atoms with Gasteiger partial charge in [-0.2, -0.15) is 0 Å². The first-order chi connectivity index (χ1) is 14.3. The van der Waals surface area contributed by atoms with E-state index in [9.17, 15) is 13.2 Å². The largest absolute Gasteiger partial charge is 0.317 e. The number of aryl methyl sites for hydroxylation is 1. The van der Waals surface area contributed by atoms with Crippen LogP contribution in [0.4, 0.5) is 5.82 Å². The van der Waals surface area contributed by atoms with Crippen molar-refractivity contribution in [1.29, 1.82) is 0 Å². The monoisotopic (exact) mass is 443 g/mol. The van der Waals surface area contributed by atoms with Crippen molar-refractivity contribution in [3.8, 4) is 0 Å². The van der Waals surface area contributed by atoms with Gasteiger partial charge in [-0.1, -0.05) is 36.0 Å². The topological polar surface area (TPSA) is 98.4 Å². The summed E-state index contributed by atoms with van der Waals surface area (Å²) in [4.78, 5) is 17.7. The summed E-state index contributed by atoms with van der Waals surface area (Å²) < 4.78 is 29.7. The first-order valence-electron chi connectivity index (χ1n) is 9.48. The molecule has 0 aliphatic carbocycles. The summed E-state index contributed by atoms with van der Waals surface area (Å²) >= 11 is 5.90. The summed E-state index contributed by atoms with van der Waals surface area (Å²) in [5.41, 5.74) is 6.83. The number of unbranched alkanes of at least 4 members (excludes halogenated alkanes) is 1. The average molecular weight is 444 g/mol. The van der Waals surface area contributed by atoms with Crippen molar-refractivity contribution in [2.24, 2.45) is 0 Å². The fourth-order valence-corrected chi connectivity index (χ4v) is 4.91. The summed E-state index contributed by atoms with van der Waals surface area (Å²) in [6, 6.07) is 12.4. The summed E-state index contributed by atoms with van der Waals surface area (Å²) in [5.74, 6) is 0.0538. The number of rotatable bonds is 5. The molecule has 1 aromatic carbocycles. The van der Waals surface area contributed by atoms with Crippen molar-refractivity contribution in [3.63, 3.8) is 0 Å². The number of hydrogen-bond donors (Lipinski definition) is 1. The number of benzene rings is 1. The highest BCUT2D eigenvalue weighted by Gasteiger charge is 2.29. The van der Waals surface area contributed by atoms with E-state index in [1.165, 1.54) is 34.7 Å². The molecule has 0 radical (unpaired) electrons. The third-order valence-electron chi connectivity index (χ3n) is 4.97. The lowest BCUT2D eigenvalue weighted by molar-refractivity contribution is -0.660. The molecule has 0 aliphatic heterocycles. The standard InChI is InChI=1S/C21H19ClN4O3S/c1-2-3-11-26-19(23)17(30(28,29)15-9-7-14(22)8-10-15)13-16-20(26)24-18-6-4-5-12-25(18)21(16)27/h4-10,12-13,23H,2-3,11H2,1H3/p+1. The van der Waals surface area contributed by atoms with Gasteiger partial charge in [-0.3, -0.25) is 9.20 Å². The minimum absolute atomic E-state index is 0.0499. The van der Waals surface area contributed by atoms with E-state index in [1.807, 2.05) is 6.92 Å². The number of nitrogens with two attached hydrogens (primary N) is 1. The van der Waals surface area contributed by atoms with Crippen LogP contribution in [0.1, 0.15) is 19.8 Å². The molecular weight excluding hydrogens is 424 g/mol. The quantitative estimate of drug-likeness (QED) is 0.377. The number of halogens is 1. The Hall–Kier alpha value is -2.97. The lowest BCUT2D eigenvalue weighted by Gasteiger charge is -2.12. The highest BCUT2D eigenvalue weighted by molar-refractivity contribution is 7.91. The summed E-state index contributed by atoms with van der Waals surface area (Å²) in [6.07, 6.45) is 3.23. The molecule has 3 heterocycles. The predicted molar refractivity (Wildman–Crippen MR) is 115 cm³/mol. The van der Waals surface area contributed by atoms with Gasteiger partial charge in [0.1, 0.15) is 10.3 Å². The number of pyridine rings is 2. The SMILES string of the molecule is CCCC[n+]1c(N)c(S(=O)(=O)c2ccc(Cl)cc2)cc2c(=O)n3ccccc3nc21. The highest BCUT2D eigenvalue weighted by Crippen LogP contribution is 2.27. The Morgan fingerprint density at radius 2 is 1.90 bits per heavy atom. The maximum atomic E-state index is 13.3. The Balaban J connectivity index is 2.09. The van der Waals surface area contributed by atoms with Crippen LogP contribution in [0.25, 0.3) is 16.7 Å². The molecule has 0 fully saturated rings. The zero-order valence-corrected chi connectivity index (χ0v) is 17.8. The van der Waals surface area contributed by atoms with Gasteiger partial charge in [0.2, 0.25) is 21.3 Å². The molecule has 0 amide bonds. The van der Waals surface area contributed by atoms with Gasteiger partial charge in [0.25, 0.3) is 11.2 Å².